The largest absolute Gasteiger partial charge is 0.381 e. The lowest BCUT2D eigenvalue weighted by molar-refractivity contribution is 0.194. The molecule has 0 radical (unpaired) electrons. The third kappa shape index (κ3) is 1.98. The molecule has 0 spiro atoms. The predicted octanol–water partition coefficient (Wildman–Crippen LogP) is 3.31. The summed E-state index contributed by atoms with van der Waals surface area (Å²) in [7, 11) is 0. The van der Waals surface area contributed by atoms with Crippen LogP contribution in [0.25, 0.3) is 0 Å². The molecule has 1 atom stereocenters. The second-order valence-corrected chi connectivity index (χ2v) is 4.39. The van der Waals surface area contributed by atoms with Crippen molar-refractivity contribution in [3.05, 3.63) is 35.4 Å². The highest BCUT2D eigenvalue weighted by Crippen LogP contribution is 2.27. The number of benzene rings is 1. The van der Waals surface area contributed by atoms with Crippen LogP contribution < -0.4 is 0 Å². The fourth-order valence-electron chi connectivity index (χ4n) is 1.97. The minimum atomic E-state index is 0.622. The fraction of sp³-hybridized carbons (Fsp3) is 0.538. The summed E-state index contributed by atoms with van der Waals surface area (Å²) in [5, 5.41) is 0. The molecule has 1 aromatic rings. The van der Waals surface area contributed by atoms with Gasteiger partial charge in [0.15, 0.2) is 0 Å². The van der Waals surface area contributed by atoms with Crippen LogP contribution in [0.3, 0.4) is 0 Å². The van der Waals surface area contributed by atoms with Crippen LogP contribution >= 0.6 is 0 Å². The first-order valence-electron chi connectivity index (χ1n) is 5.45. The van der Waals surface area contributed by atoms with Gasteiger partial charge in [0.05, 0.1) is 6.61 Å². The Labute approximate surface area is 86.1 Å². The van der Waals surface area contributed by atoms with Gasteiger partial charge in [0.25, 0.3) is 0 Å². The number of ether oxygens (including phenoxy) is 1. The smallest absolute Gasteiger partial charge is 0.0535 e. The molecule has 1 saturated heterocycles. The minimum absolute atomic E-state index is 0.622. The molecular weight excluding hydrogens is 172 g/mol. The van der Waals surface area contributed by atoms with Gasteiger partial charge in [0.2, 0.25) is 0 Å². The van der Waals surface area contributed by atoms with E-state index in [4.69, 9.17) is 4.74 Å². The van der Waals surface area contributed by atoms with E-state index in [1.165, 1.54) is 17.5 Å². The van der Waals surface area contributed by atoms with E-state index in [1.54, 1.807) is 0 Å². The normalized spacial score (nSPS) is 21.8. The topological polar surface area (TPSA) is 9.23 Å². The van der Waals surface area contributed by atoms with Gasteiger partial charge in [-0.15, -0.1) is 0 Å². The second-order valence-electron chi connectivity index (χ2n) is 4.39. The Bertz CT molecular complexity index is 298. The molecular formula is C13H18O. The molecule has 1 aromatic carbocycles. The van der Waals surface area contributed by atoms with Crippen molar-refractivity contribution < 1.29 is 4.74 Å². The van der Waals surface area contributed by atoms with Gasteiger partial charge >= 0.3 is 0 Å². The van der Waals surface area contributed by atoms with Crippen LogP contribution in [0.1, 0.15) is 43.2 Å². The summed E-state index contributed by atoms with van der Waals surface area (Å²) in [5.74, 6) is 1.26. The highest BCUT2D eigenvalue weighted by atomic mass is 16.5. The van der Waals surface area contributed by atoms with E-state index in [1.807, 2.05) is 0 Å². The number of rotatable bonds is 2. The maximum Gasteiger partial charge on any atom is 0.0535 e. The van der Waals surface area contributed by atoms with Crippen LogP contribution in [0, 0.1) is 0 Å². The zero-order valence-corrected chi connectivity index (χ0v) is 8.99. The molecule has 1 unspecified atom stereocenters. The highest BCUT2D eigenvalue weighted by Gasteiger charge is 2.17. The molecule has 0 aliphatic carbocycles. The zero-order chi connectivity index (χ0) is 9.97. The summed E-state index contributed by atoms with van der Waals surface area (Å²) < 4.78 is 5.41. The van der Waals surface area contributed by atoms with Crippen LogP contribution in [0.15, 0.2) is 24.3 Å². The van der Waals surface area contributed by atoms with Crippen molar-refractivity contribution in [2.24, 2.45) is 0 Å². The summed E-state index contributed by atoms with van der Waals surface area (Å²) in [5.41, 5.74) is 2.89. The van der Waals surface area contributed by atoms with Gasteiger partial charge < -0.3 is 4.74 Å². The number of hydrogen-bond acceptors (Lipinski definition) is 1. The fourth-order valence-corrected chi connectivity index (χ4v) is 1.97. The summed E-state index contributed by atoms with van der Waals surface area (Å²) in [6.07, 6.45) is 1.18. The van der Waals surface area contributed by atoms with Crippen molar-refractivity contribution in [1.82, 2.24) is 0 Å². The second kappa shape index (κ2) is 4.14. The average molecular weight is 190 g/mol. The molecule has 0 bridgehead atoms. The summed E-state index contributed by atoms with van der Waals surface area (Å²) in [6.45, 7) is 6.31. The molecule has 1 aliphatic rings. The Kier molecular flexibility index (Phi) is 2.87. The van der Waals surface area contributed by atoms with E-state index < -0.39 is 0 Å². The number of hydrogen-bond donors (Lipinski definition) is 0. The van der Waals surface area contributed by atoms with Gasteiger partial charge in [0, 0.05) is 12.5 Å². The van der Waals surface area contributed by atoms with E-state index in [2.05, 4.69) is 38.1 Å². The third-order valence-electron chi connectivity index (χ3n) is 2.98. The van der Waals surface area contributed by atoms with Gasteiger partial charge in [-0.1, -0.05) is 38.1 Å². The van der Waals surface area contributed by atoms with Gasteiger partial charge in [-0.3, -0.25) is 0 Å². The lowest BCUT2D eigenvalue weighted by Gasteiger charge is -2.11. The SMILES string of the molecule is CC(C)c1cccc(C2CCOC2)c1. The van der Waals surface area contributed by atoms with Gasteiger partial charge in [-0.2, -0.15) is 0 Å². The Balaban J connectivity index is 2.21. The van der Waals surface area contributed by atoms with E-state index in [0.29, 0.717) is 11.8 Å². The average Bonchev–Trinajstić information content (AvgIpc) is 2.71. The molecule has 1 heteroatoms. The Morgan fingerprint density at radius 3 is 2.86 bits per heavy atom. The van der Waals surface area contributed by atoms with Crippen LogP contribution in [0.5, 0.6) is 0 Å². The van der Waals surface area contributed by atoms with Crippen molar-refractivity contribution in [3.63, 3.8) is 0 Å². The summed E-state index contributed by atoms with van der Waals surface area (Å²) in [4.78, 5) is 0. The van der Waals surface area contributed by atoms with Crippen molar-refractivity contribution in [1.29, 1.82) is 0 Å². The Morgan fingerprint density at radius 1 is 1.36 bits per heavy atom. The molecule has 1 fully saturated rings. The van der Waals surface area contributed by atoms with Crippen molar-refractivity contribution >= 4 is 0 Å². The van der Waals surface area contributed by atoms with E-state index >= 15 is 0 Å². The molecule has 1 aliphatic heterocycles. The van der Waals surface area contributed by atoms with Crippen LogP contribution in [0.4, 0.5) is 0 Å². The van der Waals surface area contributed by atoms with Crippen LogP contribution in [-0.2, 0) is 4.74 Å². The zero-order valence-electron chi connectivity index (χ0n) is 8.99. The first-order valence-corrected chi connectivity index (χ1v) is 5.45. The van der Waals surface area contributed by atoms with Crippen molar-refractivity contribution in [3.8, 4) is 0 Å². The summed E-state index contributed by atoms with van der Waals surface area (Å²) in [6, 6.07) is 8.95. The molecule has 0 N–H and O–H groups in total. The Morgan fingerprint density at radius 2 is 2.21 bits per heavy atom. The molecule has 14 heavy (non-hydrogen) atoms. The highest BCUT2D eigenvalue weighted by molar-refractivity contribution is 5.28. The molecule has 2 rings (SSSR count). The molecule has 1 heterocycles. The first kappa shape index (κ1) is 9.72. The van der Waals surface area contributed by atoms with Crippen molar-refractivity contribution in [2.45, 2.75) is 32.1 Å². The minimum Gasteiger partial charge on any atom is -0.381 e. The van der Waals surface area contributed by atoms with Gasteiger partial charge in [-0.25, -0.2) is 0 Å². The predicted molar refractivity (Wildman–Crippen MR) is 58.7 cm³/mol. The third-order valence-corrected chi connectivity index (χ3v) is 2.98. The molecule has 0 saturated carbocycles. The summed E-state index contributed by atoms with van der Waals surface area (Å²) >= 11 is 0. The lowest BCUT2D eigenvalue weighted by Crippen LogP contribution is -1.98. The molecule has 0 amide bonds. The van der Waals surface area contributed by atoms with Gasteiger partial charge in [-0.05, 0) is 23.5 Å². The maximum atomic E-state index is 5.41. The maximum absolute atomic E-state index is 5.41. The standard InChI is InChI=1S/C13H18O/c1-10(2)11-4-3-5-12(8-11)13-6-7-14-9-13/h3-5,8,10,13H,6-7,9H2,1-2H3. The van der Waals surface area contributed by atoms with Crippen molar-refractivity contribution in [2.75, 3.05) is 13.2 Å². The van der Waals surface area contributed by atoms with E-state index in [0.717, 1.165) is 13.2 Å². The van der Waals surface area contributed by atoms with Crippen LogP contribution in [0.2, 0.25) is 0 Å². The lowest BCUT2D eigenvalue weighted by atomic mass is 9.93. The van der Waals surface area contributed by atoms with Gasteiger partial charge in [0.1, 0.15) is 0 Å². The Hall–Kier alpha value is -0.820. The molecule has 76 valence electrons. The monoisotopic (exact) mass is 190 g/mol. The van der Waals surface area contributed by atoms with E-state index in [9.17, 15) is 0 Å². The first-order chi connectivity index (χ1) is 6.77. The van der Waals surface area contributed by atoms with E-state index in [-0.39, 0.29) is 0 Å². The van der Waals surface area contributed by atoms with Crippen LogP contribution in [-0.4, -0.2) is 13.2 Å². The molecule has 1 nitrogen and oxygen atoms in total. The quantitative estimate of drug-likeness (QED) is 0.695. The molecule has 0 aromatic heterocycles.